The summed E-state index contributed by atoms with van der Waals surface area (Å²) in [5.74, 6) is 0.478. The van der Waals surface area contributed by atoms with E-state index in [-0.39, 0.29) is 11.8 Å². The Morgan fingerprint density at radius 3 is 2.32 bits per heavy atom. The molecule has 7 nitrogen and oxygen atoms in total. The first-order valence-electron chi connectivity index (χ1n) is 8.97. The van der Waals surface area contributed by atoms with Crippen LogP contribution in [0.5, 0.6) is 0 Å². The number of amides is 2. The van der Waals surface area contributed by atoms with Crippen LogP contribution in [0.1, 0.15) is 17.4 Å². The first-order valence-corrected chi connectivity index (χ1v) is 9.35. The van der Waals surface area contributed by atoms with Crippen LogP contribution in [0.15, 0.2) is 53.1 Å². The van der Waals surface area contributed by atoms with Crippen LogP contribution in [0.2, 0.25) is 5.02 Å². The van der Waals surface area contributed by atoms with Crippen molar-refractivity contribution in [3.8, 4) is 17.1 Å². The summed E-state index contributed by atoms with van der Waals surface area (Å²) < 4.78 is 7.20. The molecule has 1 aliphatic rings. The van der Waals surface area contributed by atoms with Crippen LogP contribution >= 0.6 is 11.6 Å². The summed E-state index contributed by atoms with van der Waals surface area (Å²) in [6, 6.07) is 12.6. The maximum atomic E-state index is 13.0. The summed E-state index contributed by atoms with van der Waals surface area (Å²) in [4.78, 5) is 27.9. The number of halogens is 1. The minimum absolute atomic E-state index is 0.0271. The molecule has 1 saturated heterocycles. The third-order valence-corrected chi connectivity index (χ3v) is 5.04. The number of hydrogen-bond donors (Lipinski definition) is 0. The molecule has 3 heterocycles. The normalized spacial score (nSPS) is 14.4. The Morgan fingerprint density at radius 2 is 1.71 bits per heavy atom. The smallest absolute Gasteiger partial charge is 0.274 e. The minimum atomic E-state index is -0.163. The molecular weight excluding hydrogens is 380 g/mol. The third kappa shape index (κ3) is 3.53. The molecule has 28 heavy (non-hydrogen) atoms. The molecule has 144 valence electrons. The molecule has 3 aromatic rings. The van der Waals surface area contributed by atoms with Crippen LogP contribution in [0.25, 0.3) is 17.1 Å². The number of carbonyl (C=O) groups excluding carboxylic acids is 2. The van der Waals surface area contributed by atoms with Crippen molar-refractivity contribution in [3.05, 3.63) is 59.4 Å². The third-order valence-electron chi connectivity index (χ3n) is 4.79. The summed E-state index contributed by atoms with van der Waals surface area (Å²) in [5.41, 5.74) is 1.78. The van der Waals surface area contributed by atoms with Crippen molar-refractivity contribution in [2.24, 2.45) is 0 Å². The van der Waals surface area contributed by atoms with E-state index in [0.29, 0.717) is 48.3 Å². The van der Waals surface area contributed by atoms with E-state index < -0.39 is 0 Å². The van der Waals surface area contributed by atoms with Gasteiger partial charge in [-0.15, -0.1) is 0 Å². The van der Waals surface area contributed by atoms with Crippen LogP contribution in [0.4, 0.5) is 0 Å². The molecule has 0 aliphatic carbocycles. The lowest BCUT2D eigenvalue weighted by Gasteiger charge is -2.33. The predicted molar refractivity (Wildman–Crippen MR) is 104 cm³/mol. The van der Waals surface area contributed by atoms with E-state index in [0.717, 1.165) is 5.69 Å². The summed E-state index contributed by atoms with van der Waals surface area (Å²) in [7, 11) is 0. The van der Waals surface area contributed by atoms with Gasteiger partial charge < -0.3 is 14.2 Å². The molecule has 2 aromatic heterocycles. The van der Waals surface area contributed by atoms with Gasteiger partial charge in [0.2, 0.25) is 5.91 Å². The zero-order valence-corrected chi connectivity index (χ0v) is 16.1. The highest BCUT2D eigenvalue weighted by Crippen LogP contribution is 2.26. The van der Waals surface area contributed by atoms with Gasteiger partial charge in [-0.1, -0.05) is 11.6 Å². The average molecular weight is 399 g/mol. The number of rotatable bonds is 3. The van der Waals surface area contributed by atoms with Crippen molar-refractivity contribution < 1.29 is 14.0 Å². The monoisotopic (exact) mass is 398 g/mol. The Morgan fingerprint density at radius 1 is 1.04 bits per heavy atom. The highest BCUT2D eigenvalue weighted by atomic mass is 35.5. The molecule has 0 bridgehead atoms. The summed E-state index contributed by atoms with van der Waals surface area (Å²) in [6.45, 7) is 3.58. The number of furan rings is 1. The van der Waals surface area contributed by atoms with Crippen molar-refractivity contribution in [1.82, 2.24) is 19.6 Å². The maximum Gasteiger partial charge on any atom is 0.274 e. The molecule has 8 heteroatoms. The second kappa shape index (κ2) is 7.52. The van der Waals surface area contributed by atoms with E-state index in [1.54, 1.807) is 51.9 Å². The Kier molecular flexibility index (Phi) is 4.92. The largest absolute Gasteiger partial charge is 0.463 e. The lowest BCUT2D eigenvalue weighted by molar-refractivity contribution is -0.130. The maximum absolute atomic E-state index is 13.0. The van der Waals surface area contributed by atoms with E-state index in [9.17, 15) is 9.59 Å². The highest BCUT2D eigenvalue weighted by Gasteiger charge is 2.26. The summed E-state index contributed by atoms with van der Waals surface area (Å²) in [6.07, 6.45) is 1.58. The SMILES string of the molecule is CC(=O)N1CCN(C(=O)c2cc(-c3ccco3)n(-c3ccc(Cl)cc3)n2)CC1. The number of aromatic nitrogens is 2. The Bertz CT molecular complexity index is 987. The van der Waals surface area contributed by atoms with Gasteiger partial charge in [0.05, 0.1) is 12.0 Å². The van der Waals surface area contributed by atoms with E-state index >= 15 is 0 Å². The molecule has 1 aromatic carbocycles. The van der Waals surface area contributed by atoms with Crippen LogP contribution in [-0.2, 0) is 4.79 Å². The first-order chi connectivity index (χ1) is 13.5. The van der Waals surface area contributed by atoms with Gasteiger partial charge >= 0.3 is 0 Å². The van der Waals surface area contributed by atoms with Gasteiger partial charge in [-0.25, -0.2) is 4.68 Å². The van der Waals surface area contributed by atoms with Crippen molar-refractivity contribution >= 4 is 23.4 Å². The molecule has 1 aliphatic heterocycles. The van der Waals surface area contributed by atoms with Crippen LogP contribution in [-0.4, -0.2) is 57.6 Å². The zero-order chi connectivity index (χ0) is 19.7. The lowest BCUT2D eigenvalue weighted by Crippen LogP contribution is -2.50. The van der Waals surface area contributed by atoms with E-state index in [1.165, 1.54) is 0 Å². The fourth-order valence-corrected chi connectivity index (χ4v) is 3.38. The van der Waals surface area contributed by atoms with Crippen LogP contribution < -0.4 is 0 Å². The predicted octanol–water partition coefficient (Wildman–Crippen LogP) is 3.09. The number of benzene rings is 1. The molecule has 1 fully saturated rings. The first kappa shape index (κ1) is 18.3. The number of nitrogens with zero attached hydrogens (tertiary/aromatic N) is 4. The van der Waals surface area contributed by atoms with Crippen molar-refractivity contribution in [1.29, 1.82) is 0 Å². The molecular formula is C20H19ClN4O3. The average Bonchev–Trinajstić information content (AvgIpc) is 3.38. The molecule has 0 unspecified atom stereocenters. The van der Waals surface area contributed by atoms with Gasteiger partial charge in [0.1, 0.15) is 5.69 Å². The van der Waals surface area contributed by atoms with Gasteiger partial charge in [0.15, 0.2) is 11.5 Å². The summed E-state index contributed by atoms with van der Waals surface area (Å²) in [5, 5.41) is 5.16. The Balaban J connectivity index is 1.65. The molecule has 4 rings (SSSR count). The molecule has 0 radical (unpaired) electrons. The molecule has 0 N–H and O–H groups in total. The molecule has 0 spiro atoms. The standard InChI is InChI=1S/C20H19ClN4O3/c1-14(26)23-8-10-24(11-9-23)20(27)17-13-18(19-3-2-12-28-19)25(22-17)16-6-4-15(21)5-7-16/h2-7,12-13H,8-11H2,1H3. The van der Waals surface area contributed by atoms with E-state index in [2.05, 4.69) is 5.10 Å². The highest BCUT2D eigenvalue weighted by molar-refractivity contribution is 6.30. The number of hydrogen-bond acceptors (Lipinski definition) is 4. The van der Waals surface area contributed by atoms with Gasteiger partial charge in [0, 0.05) is 44.2 Å². The minimum Gasteiger partial charge on any atom is -0.463 e. The Labute approximate surface area is 167 Å². The Hall–Kier alpha value is -3.06. The summed E-state index contributed by atoms with van der Waals surface area (Å²) >= 11 is 5.99. The second-order valence-electron chi connectivity index (χ2n) is 6.58. The fourth-order valence-electron chi connectivity index (χ4n) is 3.25. The molecule has 2 amide bonds. The van der Waals surface area contributed by atoms with Gasteiger partial charge in [-0.2, -0.15) is 5.10 Å². The van der Waals surface area contributed by atoms with E-state index in [1.807, 2.05) is 18.2 Å². The van der Waals surface area contributed by atoms with Gasteiger partial charge in [-0.3, -0.25) is 9.59 Å². The quantitative estimate of drug-likeness (QED) is 0.679. The number of carbonyl (C=O) groups is 2. The van der Waals surface area contributed by atoms with Crippen molar-refractivity contribution in [2.75, 3.05) is 26.2 Å². The van der Waals surface area contributed by atoms with E-state index in [4.69, 9.17) is 16.0 Å². The number of piperazine rings is 1. The van der Waals surface area contributed by atoms with Crippen molar-refractivity contribution in [2.45, 2.75) is 6.92 Å². The van der Waals surface area contributed by atoms with Gasteiger partial charge in [0.25, 0.3) is 5.91 Å². The topological polar surface area (TPSA) is 71.6 Å². The fraction of sp³-hybridized carbons (Fsp3) is 0.250. The lowest BCUT2D eigenvalue weighted by atomic mass is 10.2. The van der Waals surface area contributed by atoms with Crippen LogP contribution in [0, 0.1) is 0 Å². The molecule has 0 atom stereocenters. The zero-order valence-electron chi connectivity index (χ0n) is 15.3. The second-order valence-corrected chi connectivity index (χ2v) is 7.02. The van der Waals surface area contributed by atoms with Gasteiger partial charge in [-0.05, 0) is 36.4 Å². The van der Waals surface area contributed by atoms with Crippen molar-refractivity contribution in [3.63, 3.8) is 0 Å². The molecule has 0 saturated carbocycles. The van der Waals surface area contributed by atoms with Crippen LogP contribution in [0.3, 0.4) is 0 Å².